The highest BCUT2D eigenvalue weighted by Crippen LogP contribution is 2.45. The quantitative estimate of drug-likeness (QED) is 0.917. The van der Waals surface area contributed by atoms with Crippen molar-refractivity contribution in [1.29, 1.82) is 0 Å². The Balaban J connectivity index is 2.74. The zero-order valence-electron chi connectivity index (χ0n) is 13.4. The fraction of sp³-hybridized carbons (Fsp3) is 0.294. The number of rotatable bonds is 5. The van der Waals surface area contributed by atoms with Crippen molar-refractivity contribution in [3.63, 3.8) is 0 Å². The lowest BCUT2D eigenvalue weighted by Gasteiger charge is -2.16. The fourth-order valence-corrected chi connectivity index (χ4v) is 2.35. The van der Waals surface area contributed by atoms with Crippen molar-refractivity contribution >= 4 is 0 Å². The summed E-state index contributed by atoms with van der Waals surface area (Å²) in [6.45, 7) is 1.93. The largest absolute Gasteiger partial charge is 0.504 e. The van der Waals surface area contributed by atoms with E-state index in [1.165, 1.54) is 7.11 Å². The van der Waals surface area contributed by atoms with Crippen LogP contribution in [0.5, 0.6) is 28.7 Å². The number of methoxy groups -OCH3 is 4. The van der Waals surface area contributed by atoms with Gasteiger partial charge in [0.25, 0.3) is 0 Å². The summed E-state index contributed by atoms with van der Waals surface area (Å²) in [4.78, 5) is 0. The Morgan fingerprint density at radius 3 is 1.73 bits per heavy atom. The van der Waals surface area contributed by atoms with Crippen molar-refractivity contribution in [2.45, 2.75) is 6.92 Å². The first kappa shape index (κ1) is 15.8. The minimum absolute atomic E-state index is 0.0543. The molecule has 22 heavy (non-hydrogen) atoms. The van der Waals surface area contributed by atoms with Crippen molar-refractivity contribution in [2.75, 3.05) is 28.4 Å². The highest BCUT2D eigenvalue weighted by molar-refractivity contribution is 5.81. The number of ether oxygens (including phenoxy) is 4. The molecule has 0 radical (unpaired) electrons. The predicted molar refractivity (Wildman–Crippen MR) is 84.5 cm³/mol. The number of hydrogen-bond donors (Lipinski definition) is 1. The van der Waals surface area contributed by atoms with Gasteiger partial charge in [-0.25, -0.2) is 0 Å². The maximum Gasteiger partial charge on any atom is 0.165 e. The standard InChI is InChI=1S/C17H20O5/c1-10-6-12(17(18)16(7-10)22-5)11-8-14(20-3)15(21-4)9-13(11)19-2/h6-9,18H,1-5H3. The van der Waals surface area contributed by atoms with Gasteiger partial charge >= 0.3 is 0 Å². The van der Waals surface area contributed by atoms with E-state index < -0.39 is 0 Å². The highest BCUT2D eigenvalue weighted by atomic mass is 16.5. The van der Waals surface area contributed by atoms with Crippen molar-refractivity contribution in [3.8, 4) is 39.9 Å². The summed E-state index contributed by atoms with van der Waals surface area (Å²) in [7, 11) is 6.20. The molecule has 0 spiro atoms. The molecule has 0 saturated carbocycles. The van der Waals surface area contributed by atoms with Crippen LogP contribution in [0, 0.1) is 6.92 Å². The van der Waals surface area contributed by atoms with Gasteiger partial charge in [-0.05, 0) is 30.7 Å². The zero-order chi connectivity index (χ0) is 16.3. The molecule has 2 rings (SSSR count). The van der Waals surface area contributed by atoms with Gasteiger partial charge in [0.15, 0.2) is 23.0 Å². The van der Waals surface area contributed by atoms with Gasteiger partial charge in [0.2, 0.25) is 0 Å². The van der Waals surface area contributed by atoms with Crippen LogP contribution < -0.4 is 18.9 Å². The summed E-state index contributed by atoms with van der Waals surface area (Å²) in [5, 5.41) is 10.4. The van der Waals surface area contributed by atoms with Crippen LogP contribution in [0.15, 0.2) is 24.3 Å². The van der Waals surface area contributed by atoms with Gasteiger partial charge in [-0.15, -0.1) is 0 Å². The van der Waals surface area contributed by atoms with E-state index in [1.54, 1.807) is 39.5 Å². The number of aryl methyl sites for hydroxylation is 1. The van der Waals surface area contributed by atoms with Crippen LogP contribution in [0.25, 0.3) is 11.1 Å². The molecule has 0 atom stereocenters. The molecule has 0 aromatic heterocycles. The molecule has 0 heterocycles. The fourth-order valence-electron chi connectivity index (χ4n) is 2.35. The summed E-state index contributed by atoms with van der Waals surface area (Å²) in [5.41, 5.74) is 2.26. The summed E-state index contributed by atoms with van der Waals surface area (Å²) < 4.78 is 21.2. The van der Waals surface area contributed by atoms with Gasteiger partial charge in [0.1, 0.15) is 5.75 Å². The van der Waals surface area contributed by atoms with Gasteiger partial charge < -0.3 is 24.1 Å². The molecule has 0 amide bonds. The maximum atomic E-state index is 10.4. The zero-order valence-corrected chi connectivity index (χ0v) is 13.4. The van der Waals surface area contributed by atoms with Crippen LogP contribution in [0.3, 0.4) is 0 Å². The van der Waals surface area contributed by atoms with Crippen LogP contribution in [0.1, 0.15) is 5.56 Å². The van der Waals surface area contributed by atoms with Gasteiger partial charge in [-0.2, -0.15) is 0 Å². The van der Waals surface area contributed by atoms with Crippen molar-refractivity contribution in [3.05, 3.63) is 29.8 Å². The molecule has 5 heteroatoms. The molecule has 1 N–H and O–H groups in total. The van der Waals surface area contributed by atoms with E-state index in [4.69, 9.17) is 18.9 Å². The lowest BCUT2D eigenvalue weighted by atomic mass is 10.00. The molecule has 2 aromatic carbocycles. The van der Waals surface area contributed by atoms with E-state index in [2.05, 4.69) is 0 Å². The van der Waals surface area contributed by atoms with Gasteiger partial charge in [-0.1, -0.05) is 0 Å². The van der Waals surface area contributed by atoms with E-state index in [9.17, 15) is 5.11 Å². The van der Waals surface area contributed by atoms with E-state index in [0.29, 0.717) is 34.1 Å². The molecule has 5 nitrogen and oxygen atoms in total. The second kappa shape index (κ2) is 6.47. The third-order valence-electron chi connectivity index (χ3n) is 3.44. The minimum Gasteiger partial charge on any atom is -0.504 e. The average Bonchev–Trinajstić information content (AvgIpc) is 2.55. The first-order valence-electron chi connectivity index (χ1n) is 6.73. The van der Waals surface area contributed by atoms with Gasteiger partial charge in [-0.3, -0.25) is 0 Å². The molecule has 0 unspecified atom stereocenters. The molecule has 0 saturated heterocycles. The molecule has 0 aliphatic rings. The monoisotopic (exact) mass is 304 g/mol. The Bertz CT molecular complexity index is 679. The third-order valence-corrected chi connectivity index (χ3v) is 3.44. The van der Waals surface area contributed by atoms with E-state index >= 15 is 0 Å². The molecular weight excluding hydrogens is 284 g/mol. The minimum atomic E-state index is 0.0543. The summed E-state index contributed by atoms with van der Waals surface area (Å²) in [6.07, 6.45) is 0. The number of phenols is 1. The smallest absolute Gasteiger partial charge is 0.165 e. The highest BCUT2D eigenvalue weighted by Gasteiger charge is 2.18. The Morgan fingerprint density at radius 2 is 1.18 bits per heavy atom. The molecule has 0 bridgehead atoms. The summed E-state index contributed by atoms with van der Waals surface area (Å²) >= 11 is 0. The first-order chi connectivity index (χ1) is 10.5. The molecule has 0 aliphatic heterocycles. The average molecular weight is 304 g/mol. The lowest BCUT2D eigenvalue weighted by molar-refractivity contribution is 0.349. The second-order valence-corrected chi connectivity index (χ2v) is 4.77. The van der Waals surface area contributed by atoms with Crippen LogP contribution in [0.4, 0.5) is 0 Å². The number of benzene rings is 2. The predicted octanol–water partition coefficient (Wildman–Crippen LogP) is 3.40. The Labute approximate surface area is 130 Å². The van der Waals surface area contributed by atoms with E-state index in [-0.39, 0.29) is 5.75 Å². The van der Waals surface area contributed by atoms with Crippen LogP contribution in [-0.4, -0.2) is 33.5 Å². The summed E-state index contributed by atoms with van der Waals surface area (Å²) in [5.74, 6) is 2.14. The molecule has 2 aromatic rings. The number of hydrogen-bond acceptors (Lipinski definition) is 5. The van der Waals surface area contributed by atoms with E-state index in [1.807, 2.05) is 13.0 Å². The normalized spacial score (nSPS) is 10.2. The Hall–Kier alpha value is -2.56. The molecule has 0 fully saturated rings. The first-order valence-corrected chi connectivity index (χ1v) is 6.73. The van der Waals surface area contributed by atoms with Gasteiger partial charge in [0, 0.05) is 17.2 Å². The Morgan fingerprint density at radius 1 is 0.636 bits per heavy atom. The second-order valence-electron chi connectivity index (χ2n) is 4.77. The van der Waals surface area contributed by atoms with Gasteiger partial charge in [0.05, 0.1) is 28.4 Å². The number of aromatic hydroxyl groups is 1. The molecular formula is C17H20O5. The van der Waals surface area contributed by atoms with Crippen LogP contribution in [-0.2, 0) is 0 Å². The topological polar surface area (TPSA) is 57.2 Å². The van der Waals surface area contributed by atoms with Crippen molar-refractivity contribution < 1.29 is 24.1 Å². The molecule has 0 aliphatic carbocycles. The maximum absolute atomic E-state index is 10.4. The Kier molecular flexibility index (Phi) is 4.65. The van der Waals surface area contributed by atoms with Crippen LogP contribution in [0.2, 0.25) is 0 Å². The van der Waals surface area contributed by atoms with Crippen LogP contribution >= 0.6 is 0 Å². The summed E-state index contributed by atoms with van der Waals surface area (Å²) in [6, 6.07) is 7.13. The lowest BCUT2D eigenvalue weighted by Crippen LogP contribution is -1.96. The van der Waals surface area contributed by atoms with Crippen molar-refractivity contribution in [2.24, 2.45) is 0 Å². The van der Waals surface area contributed by atoms with Crippen molar-refractivity contribution in [1.82, 2.24) is 0 Å². The van der Waals surface area contributed by atoms with E-state index in [0.717, 1.165) is 5.56 Å². The SMILES string of the molecule is COc1cc(OC)c(-c2cc(C)cc(OC)c2O)cc1OC. The molecule has 118 valence electrons. The number of phenolic OH excluding ortho intramolecular Hbond substituents is 1. The third kappa shape index (κ3) is 2.74.